The molecule has 0 spiro atoms. The minimum atomic E-state index is -1.79. The molecule has 2 aliphatic heterocycles. The molecule has 1 atom stereocenters. The highest BCUT2D eigenvalue weighted by molar-refractivity contribution is 6.14. The number of unbranched alkanes of at least 4 members (excludes halogenated alkanes) is 1. The number of methoxy groups -OCH3 is 2. The summed E-state index contributed by atoms with van der Waals surface area (Å²) in [5.41, 5.74) is 5.52. The van der Waals surface area contributed by atoms with Crippen LogP contribution in [0.1, 0.15) is 34.5 Å². The second-order valence-electron chi connectivity index (χ2n) is 10.4. The molecule has 44 heavy (non-hydrogen) atoms. The number of allylic oxidation sites excluding steroid dienone is 2. The van der Waals surface area contributed by atoms with Crippen molar-refractivity contribution in [2.75, 3.05) is 40.5 Å². The molecule has 12 heteroatoms. The number of aromatic amines is 1. The zero-order chi connectivity index (χ0) is 31.4. The molecule has 0 saturated heterocycles. The number of para-hydroxylation sites is 1. The zero-order valence-electron chi connectivity index (χ0n) is 24.5. The summed E-state index contributed by atoms with van der Waals surface area (Å²) < 4.78 is 16.2. The van der Waals surface area contributed by atoms with Crippen molar-refractivity contribution in [3.05, 3.63) is 82.7 Å². The van der Waals surface area contributed by atoms with Gasteiger partial charge in [-0.25, -0.2) is 9.59 Å². The average molecular weight is 603 g/mol. The fraction of sp³-hybridized carbons (Fsp3) is 0.312. The van der Waals surface area contributed by atoms with Gasteiger partial charge in [0.05, 0.1) is 31.1 Å². The molecule has 3 aromatic rings. The highest BCUT2D eigenvalue weighted by Gasteiger charge is 2.58. The van der Waals surface area contributed by atoms with Gasteiger partial charge in [-0.3, -0.25) is 9.59 Å². The molecule has 12 nitrogen and oxygen atoms in total. The Morgan fingerprint density at radius 3 is 2.61 bits per heavy atom. The van der Waals surface area contributed by atoms with Gasteiger partial charge in [-0.1, -0.05) is 12.1 Å². The quantitative estimate of drug-likeness (QED) is 0.145. The lowest BCUT2D eigenvalue weighted by molar-refractivity contribution is -0.156. The number of phenols is 1. The Kier molecular flexibility index (Phi) is 8.72. The molecule has 5 rings (SSSR count). The predicted molar refractivity (Wildman–Crippen MR) is 160 cm³/mol. The number of hydrogen-bond acceptors (Lipinski definition) is 10. The minimum absolute atomic E-state index is 0.0462. The first-order valence-electron chi connectivity index (χ1n) is 14.2. The van der Waals surface area contributed by atoms with Crippen molar-refractivity contribution in [3.8, 4) is 11.5 Å². The number of carbonyl (C=O) groups is 4. The number of nitrogens with one attached hydrogen (secondary N) is 2. The number of ether oxygens (including phenoxy) is 3. The number of hydrogen-bond donors (Lipinski definition) is 4. The molecule has 3 heterocycles. The summed E-state index contributed by atoms with van der Waals surface area (Å²) in [7, 11) is 2.41. The Morgan fingerprint density at radius 2 is 1.89 bits per heavy atom. The SMILES string of the molecule is COC(=O)C1=CC(C(=O)c2ccccc2O)=CN2CCc3c([nH]c4ccc(OCC(=O)NCCCCN)cc34)[C@@]12C(=O)OC. The van der Waals surface area contributed by atoms with Gasteiger partial charge in [-0.15, -0.1) is 0 Å². The van der Waals surface area contributed by atoms with Crippen LogP contribution in [0.25, 0.3) is 10.9 Å². The smallest absolute Gasteiger partial charge is 0.343 e. The number of ketones is 1. The Balaban J connectivity index is 1.55. The number of nitrogens with two attached hydrogens (primary N) is 1. The van der Waals surface area contributed by atoms with Crippen LogP contribution in [0.5, 0.6) is 11.5 Å². The van der Waals surface area contributed by atoms with Gasteiger partial charge in [-0.05, 0) is 67.8 Å². The highest BCUT2D eigenvalue weighted by Crippen LogP contribution is 2.48. The fourth-order valence-corrected chi connectivity index (χ4v) is 5.78. The molecule has 5 N–H and O–H groups in total. The zero-order valence-corrected chi connectivity index (χ0v) is 24.5. The maximum Gasteiger partial charge on any atom is 0.343 e. The van der Waals surface area contributed by atoms with Crippen molar-refractivity contribution < 1.29 is 38.5 Å². The number of phenolic OH excluding ortho intramolecular Hbond substituents is 1. The van der Waals surface area contributed by atoms with Gasteiger partial charge in [0.1, 0.15) is 11.5 Å². The Morgan fingerprint density at radius 1 is 1.09 bits per heavy atom. The van der Waals surface area contributed by atoms with Gasteiger partial charge in [0, 0.05) is 35.8 Å². The first-order chi connectivity index (χ1) is 21.3. The molecule has 2 aliphatic rings. The van der Waals surface area contributed by atoms with Crippen molar-refractivity contribution in [2.45, 2.75) is 24.8 Å². The second kappa shape index (κ2) is 12.6. The van der Waals surface area contributed by atoms with Gasteiger partial charge in [0.25, 0.3) is 5.91 Å². The van der Waals surface area contributed by atoms with E-state index in [9.17, 15) is 24.3 Å². The van der Waals surface area contributed by atoms with Crippen LogP contribution in [0.15, 0.2) is 65.9 Å². The van der Waals surface area contributed by atoms with Gasteiger partial charge in [0.15, 0.2) is 12.4 Å². The number of aromatic hydroxyl groups is 1. The summed E-state index contributed by atoms with van der Waals surface area (Å²) in [5.74, 6) is -2.13. The summed E-state index contributed by atoms with van der Waals surface area (Å²) in [6.07, 6.45) is 4.85. The molecular weight excluding hydrogens is 568 g/mol. The number of amides is 1. The lowest BCUT2D eigenvalue weighted by atomic mass is 9.75. The van der Waals surface area contributed by atoms with Gasteiger partial charge in [-0.2, -0.15) is 0 Å². The molecule has 230 valence electrons. The number of benzene rings is 2. The van der Waals surface area contributed by atoms with Crippen molar-refractivity contribution >= 4 is 34.5 Å². The van der Waals surface area contributed by atoms with Crippen LogP contribution in [-0.4, -0.2) is 79.1 Å². The number of rotatable bonds is 11. The number of fused-ring (bicyclic) bond motifs is 5. The molecule has 0 unspecified atom stereocenters. The van der Waals surface area contributed by atoms with E-state index in [4.69, 9.17) is 19.9 Å². The molecule has 1 amide bonds. The van der Waals surface area contributed by atoms with Crippen LogP contribution in [0.4, 0.5) is 0 Å². The van der Waals surface area contributed by atoms with E-state index in [0.717, 1.165) is 23.8 Å². The van der Waals surface area contributed by atoms with Crippen molar-refractivity contribution in [1.82, 2.24) is 15.2 Å². The van der Waals surface area contributed by atoms with E-state index in [-0.39, 0.29) is 41.5 Å². The molecule has 0 fully saturated rings. The first kappa shape index (κ1) is 30.4. The molecule has 2 aromatic carbocycles. The number of nitrogens with zero attached hydrogens (tertiary/aromatic N) is 1. The maximum atomic E-state index is 13.8. The Hall–Kier alpha value is -5.10. The van der Waals surface area contributed by atoms with Gasteiger partial charge in [0.2, 0.25) is 5.54 Å². The molecule has 1 aromatic heterocycles. The van der Waals surface area contributed by atoms with E-state index in [1.165, 1.54) is 38.6 Å². The number of carbonyl (C=O) groups excluding carboxylic acids is 4. The number of esters is 2. The Labute approximate surface area is 253 Å². The monoisotopic (exact) mass is 602 g/mol. The van der Waals surface area contributed by atoms with E-state index >= 15 is 0 Å². The standard InChI is InChI=1S/C32H34N4O8/c1-42-30(40)24-15-19(28(39)22-7-3-4-8-26(22)37)17-36-14-11-21-23-16-20(44-18-27(38)34-13-6-5-12-33)9-10-25(23)35-29(21)32(24,36)31(41)43-2/h3-4,7-10,15-17,35,37H,5-6,11-14,18,33H2,1-2H3,(H,34,38)/t32-/m1/s1. The minimum Gasteiger partial charge on any atom is -0.507 e. The van der Waals surface area contributed by atoms with E-state index in [2.05, 4.69) is 10.3 Å². The lowest BCUT2D eigenvalue weighted by Crippen LogP contribution is -2.58. The molecule has 0 saturated carbocycles. The largest absolute Gasteiger partial charge is 0.507 e. The van der Waals surface area contributed by atoms with Crippen LogP contribution >= 0.6 is 0 Å². The maximum absolute atomic E-state index is 13.8. The van der Waals surface area contributed by atoms with Crippen LogP contribution in [0, 0.1) is 0 Å². The van der Waals surface area contributed by atoms with Gasteiger partial charge >= 0.3 is 11.9 Å². The van der Waals surface area contributed by atoms with Crippen molar-refractivity contribution in [3.63, 3.8) is 0 Å². The fourth-order valence-electron chi connectivity index (χ4n) is 5.78. The summed E-state index contributed by atoms with van der Waals surface area (Å²) in [5, 5.41) is 13.9. The Bertz CT molecular complexity index is 1690. The molecule has 0 bridgehead atoms. The second-order valence-corrected chi connectivity index (χ2v) is 10.4. The number of aromatic nitrogens is 1. The number of Topliss-reactive ketones (excluding diaryl/α,β-unsaturated/α-hetero) is 1. The summed E-state index contributed by atoms with van der Waals surface area (Å²) in [4.78, 5) is 57.8. The average Bonchev–Trinajstić information content (AvgIpc) is 3.42. The topological polar surface area (TPSA) is 173 Å². The van der Waals surface area contributed by atoms with E-state index in [1.54, 1.807) is 35.2 Å². The summed E-state index contributed by atoms with van der Waals surface area (Å²) >= 11 is 0. The van der Waals surface area contributed by atoms with E-state index in [0.29, 0.717) is 36.5 Å². The summed E-state index contributed by atoms with van der Waals surface area (Å²) in [6.45, 7) is 1.14. The van der Waals surface area contributed by atoms with Crippen molar-refractivity contribution in [1.29, 1.82) is 0 Å². The van der Waals surface area contributed by atoms with Crippen molar-refractivity contribution in [2.24, 2.45) is 5.73 Å². The van der Waals surface area contributed by atoms with Crippen LogP contribution in [0.2, 0.25) is 0 Å². The van der Waals surface area contributed by atoms with E-state index < -0.39 is 23.3 Å². The summed E-state index contributed by atoms with van der Waals surface area (Å²) in [6, 6.07) is 11.3. The first-order valence-corrected chi connectivity index (χ1v) is 14.2. The molecule has 0 aliphatic carbocycles. The number of H-pyrrole nitrogens is 1. The third kappa shape index (κ3) is 5.28. The van der Waals surface area contributed by atoms with Crippen LogP contribution in [0.3, 0.4) is 0 Å². The van der Waals surface area contributed by atoms with Crippen LogP contribution < -0.4 is 15.8 Å². The normalized spacial score (nSPS) is 17.1. The predicted octanol–water partition coefficient (Wildman–Crippen LogP) is 2.21. The van der Waals surface area contributed by atoms with E-state index in [1.807, 2.05) is 0 Å². The highest BCUT2D eigenvalue weighted by atomic mass is 16.5. The third-order valence-corrected chi connectivity index (χ3v) is 7.88. The third-order valence-electron chi connectivity index (χ3n) is 7.88. The molecular formula is C32H34N4O8. The molecule has 0 radical (unpaired) electrons. The lowest BCUT2D eigenvalue weighted by Gasteiger charge is -2.46. The van der Waals surface area contributed by atoms with Gasteiger partial charge < -0.3 is 40.3 Å². The van der Waals surface area contributed by atoms with Crippen LogP contribution in [-0.2, 0) is 35.8 Å².